The van der Waals surface area contributed by atoms with Crippen LogP contribution in [0.1, 0.15) is 32.5 Å². The van der Waals surface area contributed by atoms with Crippen molar-refractivity contribution in [3.63, 3.8) is 0 Å². The second-order valence-corrected chi connectivity index (χ2v) is 6.74. The molecule has 0 saturated carbocycles. The van der Waals surface area contributed by atoms with Crippen molar-refractivity contribution in [2.45, 2.75) is 26.8 Å². The Bertz CT molecular complexity index is 1140. The topological polar surface area (TPSA) is 113 Å². The molecule has 30 heavy (non-hydrogen) atoms. The quantitative estimate of drug-likeness (QED) is 0.495. The highest BCUT2D eigenvalue weighted by molar-refractivity contribution is 5.88. The molecule has 0 spiro atoms. The maximum Gasteiger partial charge on any atom is 0.330 e. The predicted molar refractivity (Wildman–Crippen MR) is 115 cm³/mol. The molecule has 3 rings (SSSR count). The first-order valence-corrected chi connectivity index (χ1v) is 9.58. The Morgan fingerprint density at radius 2 is 1.87 bits per heavy atom. The normalized spacial score (nSPS) is 11.2. The summed E-state index contributed by atoms with van der Waals surface area (Å²) in [5.74, 6) is -0.339. The van der Waals surface area contributed by atoms with E-state index in [0.717, 1.165) is 5.56 Å². The molecule has 2 N–H and O–H groups in total. The number of ether oxygens (including phenoxy) is 1. The summed E-state index contributed by atoms with van der Waals surface area (Å²) in [6.07, 6.45) is 2.70. The number of aromatic nitrogens is 4. The van der Waals surface area contributed by atoms with Crippen LogP contribution in [0.15, 0.2) is 53.3 Å². The van der Waals surface area contributed by atoms with Gasteiger partial charge in [-0.25, -0.2) is 19.4 Å². The van der Waals surface area contributed by atoms with Gasteiger partial charge in [0.25, 0.3) is 5.56 Å². The number of nitrogens with zero attached hydrogens (tertiary/aromatic N) is 4. The van der Waals surface area contributed by atoms with Crippen LogP contribution < -0.4 is 11.3 Å². The van der Waals surface area contributed by atoms with Gasteiger partial charge in [0.15, 0.2) is 0 Å². The molecule has 154 valence electrons. The summed E-state index contributed by atoms with van der Waals surface area (Å²) in [6.45, 7) is 5.74. The second kappa shape index (κ2) is 9.13. The lowest BCUT2D eigenvalue weighted by atomic mass is 10.1. The smallest absolute Gasteiger partial charge is 0.330 e. The molecule has 8 heteroatoms. The lowest BCUT2D eigenvalue weighted by molar-refractivity contribution is -0.137. The first kappa shape index (κ1) is 20.9. The molecule has 3 aromatic rings. The minimum Gasteiger partial charge on any atom is -0.463 e. The number of anilines is 1. The highest BCUT2D eigenvalue weighted by atomic mass is 16.5. The fraction of sp³-hybridized carbons (Fsp3) is 0.227. The lowest BCUT2D eigenvalue weighted by Gasteiger charge is -2.13. The van der Waals surface area contributed by atoms with Crippen LogP contribution in [-0.2, 0) is 9.53 Å². The van der Waals surface area contributed by atoms with Crippen molar-refractivity contribution in [3.8, 4) is 22.6 Å². The SMILES string of the molecule is CCOC(=O)C=Cc1nc(-c2ccc(=O)n(C(C)C)n2)c(-c2ccccc2)nc1N. The zero-order valence-electron chi connectivity index (χ0n) is 17.1. The molecule has 0 aliphatic carbocycles. The minimum atomic E-state index is -0.501. The van der Waals surface area contributed by atoms with Gasteiger partial charge in [-0.15, -0.1) is 0 Å². The van der Waals surface area contributed by atoms with Gasteiger partial charge in [-0.3, -0.25) is 4.79 Å². The first-order valence-electron chi connectivity index (χ1n) is 9.58. The summed E-state index contributed by atoms with van der Waals surface area (Å²) >= 11 is 0. The van der Waals surface area contributed by atoms with Crippen LogP contribution in [-0.4, -0.2) is 32.3 Å². The predicted octanol–water partition coefficient (Wildman–Crippen LogP) is 3.11. The van der Waals surface area contributed by atoms with Crippen LogP contribution in [0, 0.1) is 0 Å². The Balaban J connectivity index is 2.20. The van der Waals surface area contributed by atoms with Gasteiger partial charge in [0.1, 0.15) is 28.6 Å². The Kier molecular flexibility index (Phi) is 6.36. The third kappa shape index (κ3) is 4.60. The number of hydrogen-bond donors (Lipinski definition) is 1. The molecule has 0 bridgehead atoms. The van der Waals surface area contributed by atoms with E-state index >= 15 is 0 Å². The van der Waals surface area contributed by atoms with E-state index in [4.69, 9.17) is 10.5 Å². The number of carbonyl (C=O) groups is 1. The lowest BCUT2D eigenvalue weighted by Crippen LogP contribution is -2.24. The molecule has 0 aliphatic rings. The van der Waals surface area contributed by atoms with Crippen molar-refractivity contribution in [3.05, 3.63) is 64.6 Å². The van der Waals surface area contributed by atoms with Crippen LogP contribution in [0.3, 0.4) is 0 Å². The summed E-state index contributed by atoms with van der Waals surface area (Å²) in [6, 6.07) is 12.4. The van der Waals surface area contributed by atoms with Crippen LogP contribution in [0.4, 0.5) is 5.82 Å². The molecule has 0 amide bonds. The first-order chi connectivity index (χ1) is 14.4. The molecule has 1 aromatic carbocycles. The van der Waals surface area contributed by atoms with Crippen LogP contribution in [0.25, 0.3) is 28.7 Å². The van der Waals surface area contributed by atoms with Crippen molar-refractivity contribution in [1.82, 2.24) is 19.7 Å². The van der Waals surface area contributed by atoms with Gasteiger partial charge in [0.05, 0.1) is 12.6 Å². The number of carbonyl (C=O) groups excluding carboxylic acids is 1. The Labute approximate surface area is 174 Å². The maximum absolute atomic E-state index is 12.1. The number of nitrogen functional groups attached to an aromatic ring is 1. The molecule has 8 nitrogen and oxygen atoms in total. The van der Waals surface area contributed by atoms with E-state index < -0.39 is 5.97 Å². The Morgan fingerprint density at radius 3 is 2.53 bits per heavy atom. The van der Waals surface area contributed by atoms with E-state index in [0.29, 0.717) is 22.8 Å². The van der Waals surface area contributed by atoms with E-state index in [1.165, 1.54) is 22.9 Å². The number of hydrogen-bond acceptors (Lipinski definition) is 7. The maximum atomic E-state index is 12.1. The number of nitrogens with two attached hydrogens (primary N) is 1. The molecule has 0 aliphatic heterocycles. The molecule has 2 aromatic heterocycles. The van der Waals surface area contributed by atoms with Gasteiger partial charge in [0, 0.05) is 17.7 Å². The molecule has 0 unspecified atom stereocenters. The van der Waals surface area contributed by atoms with Crippen molar-refractivity contribution in [2.75, 3.05) is 12.3 Å². The molecule has 0 saturated heterocycles. The van der Waals surface area contributed by atoms with Crippen molar-refractivity contribution in [2.24, 2.45) is 0 Å². The molecular weight excluding hydrogens is 382 g/mol. The Hall–Kier alpha value is -3.81. The average Bonchev–Trinajstić information content (AvgIpc) is 2.74. The highest BCUT2D eigenvalue weighted by Gasteiger charge is 2.17. The number of esters is 1. The van der Waals surface area contributed by atoms with Crippen LogP contribution in [0.2, 0.25) is 0 Å². The highest BCUT2D eigenvalue weighted by Crippen LogP contribution is 2.29. The monoisotopic (exact) mass is 405 g/mol. The third-order valence-electron chi connectivity index (χ3n) is 4.22. The van der Waals surface area contributed by atoms with Gasteiger partial charge in [-0.05, 0) is 32.9 Å². The third-order valence-corrected chi connectivity index (χ3v) is 4.22. The minimum absolute atomic E-state index is 0.123. The van der Waals surface area contributed by atoms with Crippen molar-refractivity contribution in [1.29, 1.82) is 0 Å². The summed E-state index contributed by atoms with van der Waals surface area (Å²) in [5, 5.41) is 4.47. The Morgan fingerprint density at radius 1 is 1.13 bits per heavy atom. The summed E-state index contributed by atoms with van der Waals surface area (Å²) in [4.78, 5) is 33.0. The second-order valence-electron chi connectivity index (χ2n) is 6.74. The summed E-state index contributed by atoms with van der Waals surface area (Å²) < 4.78 is 6.29. The summed E-state index contributed by atoms with van der Waals surface area (Å²) in [5.41, 5.74) is 8.47. The summed E-state index contributed by atoms with van der Waals surface area (Å²) in [7, 11) is 0. The van der Waals surface area contributed by atoms with Gasteiger partial charge < -0.3 is 10.5 Å². The number of rotatable bonds is 6. The number of benzene rings is 1. The van der Waals surface area contributed by atoms with Crippen molar-refractivity contribution >= 4 is 17.9 Å². The van der Waals surface area contributed by atoms with E-state index in [9.17, 15) is 9.59 Å². The molecule has 0 radical (unpaired) electrons. The van der Waals surface area contributed by atoms with Crippen molar-refractivity contribution < 1.29 is 9.53 Å². The molecule has 2 heterocycles. The average molecular weight is 405 g/mol. The van der Waals surface area contributed by atoms with E-state index in [1.54, 1.807) is 13.0 Å². The van der Waals surface area contributed by atoms with Crippen LogP contribution in [0.5, 0.6) is 0 Å². The zero-order valence-corrected chi connectivity index (χ0v) is 17.1. The van der Waals surface area contributed by atoms with Gasteiger partial charge in [-0.1, -0.05) is 30.3 Å². The fourth-order valence-electron chi connectivity index (χ4n) is 2.82. The van der Waals surface area contributed by atoms with E-state index in [-0.39, 0.29) is 24.0 Å². The molecule has 0 atom stereocenters. The molecular formula is C22H23N5O3. The zero-order chi connectivity index (χ0) is 21.7. The fourth-order valence-corrected chi connectivity index (χ4v) is 2.82. The molecule has 0 fully saturated rings. The standard InChI is InChI=1S/C22H23N5O3/c1-4-30-19(29)13-11-17-22(23)25-20(15-8-6-5-7-9-15)21(24-17)16-10-12-18(28)27(26-16)14(2)3/h5-14H,4H2,1-3H3,(H2,23,25). The van der Waals surface area contributed by atoms with Crippen LogP contribution >= 0.6 is 0 Å². The van der Waals surface area contributed by atoms with E-state index in [1.807, 2.05) is 44.2 Å². The van der Waals surface area contributed by atoms with Gasteiger partial charge >= 0.3 is 5.97 Å². The van der Waals surface area contributed by atoms with Gasteiger partial charge in [0.2, 0.25) is 0 Å². The largest absolute Gasteiger partial charge is 0.463 e. The van der Waals surface area contributed by atoms with Gasteiger partial charge in [-0.2, -0.15) is 5.10 Å². The van der Waals surface area contributed by atoms with E-state index in [2.05, 4.69) is 15.1 Å².